The van der Waals surface area contributed by atoms with Crippen LogP contribution in [0.4, 0.5) is 22.7 Å². The second kappa shape index (κ2) is 23.7. The molecule has 4 rings (SSSR count). The third-order valence-corrected chi connectivity index (χ3v) is 8.99. The number of carboxylic acids is 1. The molecular weight excluding hydrogens is 752 g/mol. The van der Waals surface area contributed by atoms with Crippen LogP contribution in [0, 0.1) is 20.2 Å². The number of nitrogens with zero attached hydrogens (tertiary/aromatic N) is 4. The van der Waals surface area contributed by atoms with Crippen LogP contribution < -0.4 is 24.0 Å². The fourth-order valence-corrected chi connectivity index (χ4v) is 5.82. The van der Waals surface area contributed by atoms with Gasteiger partial charge < -0.3 is 38.6 Å². The molecule has 0 spiro atoms. The predicted molar refractivity (Wildman–Crippen MR) is 218 cm³/mol. The third-order valence-electron chi connectivity index (χ3n) is 8.99. The average molecular weight is 803 g/mol. The molecule has 0 bridgehead atoms. The van der Waals surface area contributed by atoms with Crippen molar-refractivity contribution in [3.63, 3.8) is 0 Å². The lowest BCUT2D eigenvalue weighted by Gasteiger charge is -2.22. The van der Waals surface area contributed by atoms with E-state index in [1.165, 1.54) is 36.4 Å². The number of nitro groups is 2. The van der Waals surface area contributed by atoms with Crippen LogP contribution in [0.25, 0.3) is 0 Å². The molecule has 1 N–H and O–H groups in total. The van der Waals surface area contributed by atoms with Gasteiger partial charge >= 0.3 is 11.9 Å². The summed E-state index contributed by atoms with van der Waals surface area (Å²) < 4.78 is 29.0. The van der Waals surface area contributed by atoms with Gasteiger partial charge in [0.1, 0.15) is 28.4 Å². The molecule has 0 amide bonds. The number of carbonyl (C=O) groups excluding carboxylic acids is 1. The number of ether oxygens (including phenoxy) is 5. The van der Waals surface area contributed by atoms with Crippen LogP contribution in [-0.2, 0) is 9.47 Å². The van der Waals surface area contributed by atoms with Crippen molar-refractivity contribution in [2.75, 3.05) is 75.6 Å². The van der Waals surface area contributed by atoms with Gasteiger partial charge in [0.2, 0.25) is 0 Å². The van der Waals surface area contributed by atoms with Gasteiger partial charge in [-0.25, -0.2) is 9.59 Å². The van der Waals surface area contributed by atoms with E-state index in [0.717, 1.165) is 11.4 Å². The minimum Gasteiger partial charge on any atom is -0.493 e. The number of likely N-dealkylation sites (N-methyl/N-ethyl adjacent to an activating group) is 2. The molecule has 0 atom stereocenters. The Morgan fingerprint density at radius 3 is 1.47 bits per heavy atom. The van der Waals surface area contributed by atoms with E-state index in [0.29, 0.717) is 84.0 Å². The Morgan fingerprint density at radius 1 is 0.603 bits per heavy atom. The van der Waals surface area contributed by atoms with Crippen LogP contribution >= 0.6 is 0 Å². The summed E-state index contributed by atoms with van der Waals surface area (Å²) in [5.41, 5.74) is 1.65. The molecule has 0 radical (unpaired) electrons. The number of non-ortho nitro benzene ring substituents is 2. The quantitative estimate of drug-likeness (QED) is 0.0202. The molecule has 16 nitrogen and oxygen atoms in total. The highest BCUT2D eigenvalue weighted by Crippen LogP contribution is 2.31. The van der Waals surface area contributed by atoms with Gasteiger partial charge in [-0.15, -0.1) is 0 Å². The maximum absolute atomic E-state index is 13.4. The minimum absolute atomic E-state index is 0.00529. The van der Waals surface area contributed by atoms with Gasteiger partial charge in [-0.05, 0) is 88.1 Å². The Kier molecular flexibility index (Phi) is 18.2. The fourth-order valence-electron chi connectivity index (χ4n) is 5.82. The van der Waals surface area contributed by atoms with Crippen LogP contribution in [0.3, 0.4) is 0 Å². The SMILES string of the molecule is CCN(CCOCCCCOc1cc(C(=O)Oc2ccccc2)c(OCCCCOCCN(CC)c2ccc([N+](=O)[O-])cc2)cc1C(=O)O)c1ccc([N+](=O)[O-])cc1. The van der Waals surface area contributed by atoms with E-state index in [1.807, 2.05) is 13.8 Å². The molecule has 58 heavy (non-hydrogen) atoms. The van der Waals surface area contributed by atoms with Crippen LogP contribution in [0.1, 0.15) is 60.2 Å². The maximum atomic E-state index is 13.4. The molecule has 0 saturated heterocycles. The normalized spacial score (nSPS) is 10.8. The number of benzene rings is 4. The van der Waals surface area contributed by atoms with Crippen molar-refractivity contribution in [3.05, 3.63) is 122 Å². The monoisotopic (exact) mass is 802 g/mol. The molecule has 0 aliphatic heterocycles. The van der Waals surface area contributed by atoms with Gasteiger partial charge in [0, 0.05) is 75.0 Å². The van der Waals surface area contributed by atoms with E-state index in [1.54, 1.807) is 54.6 Å². The molecule has 0 aliphatic rings. The van der Waals surface area contributed by atoms with Crippen molar-refractivity contribution in [1.82, 2.24) is 0 Å². The molecule has 0 saturated carbocycles. The summed E-state index contributed by atoms with van der Waals surface area (Å²) in [7, 11) is 0. The molecular formula is C42H50N4O12. The topological polar surface area (TPSA) is 193 Å². The highest BCUT2D eigenvalue weighted by molar-refractivity contribution is 5.98. The minimum atomic E-state index is -1.25. The first-order valence-electron chi connectivity index (χ1n) is 19.2. The first-order valence-corrected chi connectivity index (χ1v) is 19.2. The Hall–Kier alpha value is -6.26. The van der Waals surface area contributed by atoms with Gasteiger partial charge in [-0.1, -0.05) is 18.2 Å². The number of nitro benzene ring substituents is 2. The highest BCUT2D eigenvalue weighted by atomic mass is 16.6. The predicted octanol–water partition coefficient (Wildman–Crippen LogP) is 7.82. The molecule has 0 heterocycles. The molecule has 0 fully saturated rings. The van der Waals surface area contributed by atoms with Gasteiger partial charge in [-0.3, -0.25) is 20.2 Å². The number of anilines is 2. The van der Waals surface area contributed by atoms with Crippen molar-refractivity contribution in [2.24, 2.45) is 0 Å². The fraction of sp³-hybridized carbons (Fsp3) is 0.381. The Balaban J connectivity index is 1.26. The Bertz CT molecular complexity index is 1910. The number of para-hydroxylation sites is 1. The number of rotatable bonds is 27. The zero-order valence-electron chi connectivity index (χ0n) is 32.8. The number of unbranched alkanes of at least 4 members (excludes halogenated alkanes) is 2. The van der Waals surface area contributed by atoms with Gasteiger partial charge in [0.25, 0.3) is 11.4 Å². The molecule has 0 aliphatic carbocycles. The summed E-state index contributed by atoms with van der Waals surface area (Å²) in [5.74, 6) is -1.61. The number of carbonyl (C=O) groups is 2. The molecule has 4 aromatic rings. The van der Waals surface area contributed by atoms with Crippen molar-refractivity contribution >= 4 is 34.7 Å². The van der Waals surface area contributed by atoms with E-state index in [2.05, 4.69) is 9.80 Å². The van der Waals surface area contributed by atoms with Gasteiger partial charge in [0.05, 0.1) is 36.3 Å². The van der Waals surface area contributed by atoms with Crippen molar-refractivity contribution in [1.29, 1.82) is 0 Å². The standard InChI is InChI=1S/C42H50N4O12/c1-3-43(32-14-18-34(19-15-32)45(50)51)22-28-54-24-8-10-26-56-39-31-38(42(49)58-36-12-6-5-7-13-36)40(30-37(39)41(47)48)57-27-11-9-25-55-29-23-44(4-2)33-16-20-35(21-17-33)46(52)53/h5-7,12-21,30-31H,3-4,8-11,22-29H2,1-2H3,(H,47,48). The summed E-state index contributed by atoms with van der Waals surface area (Å²) in [6.45, 7) is 8.73. The molecule has 4 aromatic carbocycles. The first kappa shape index (κ1) is 44.5. The van der Waals surface area contributed by atoms with Crippen molar-refractivity contribution in [2.45, 2.75) is 39.5 Å². The summed E-state index contributed by atoms with van der Waals surface area (Å²) in [5, 5.41) is 32.0. The molecule has 0 aromatic heterocycles. The second-order valence-electron chi connectivity index (χ2n) is 12.9. The maximum Gasteiger partial charge on any atom is 0.347 e. The summed E-state index contributed by atoms with van der Waals surface area (Å²) in [6.07, 6.45) is 2.39. The van der Waals surface area contributed by atoms with Crippen LogP contribution in [0.15, 0.2) is 91.0 Å². The van der Waals surface area contributed by atoms with Crippen LogP contribution in [-0.4, -0.2) is 92.7 Å². The summed E-state index contributed by atoms with van der Waals surface area (Å²) in [6, 6.07) is 23.9. The van der Waals surface area contributed by atoms with Crippen LogP contribution in [0.2, 0.25) is 0 Å². The van der Waals surface area contributed by atoms with Crippen molar-refractivity contribution in [3.8, 4) is 17.2 Å². The lowest BCUT2D eigenvalue weighted by molar-refractivity contribution is -0.385. The van der Waals surface area contributed by atoms with Crippen molar-refractivity contribution < 1.29 is 48.2 Å². The first-order chi connectivity index (χ1) is 28.1. The largest absolute Gasteiger partial charge is 0.493 e. The van der Waals surface area contributed by atoms with E-state index in [9.17, 15) is 34.9 Å². The highest BCUT2D eigenvalue weighted by Gasteiger charge is 2.23. The number of hydrogen-bond donors (Lipinski definition) is 1. The molecule has 16 heteroatoms. The lowest BCUT2D eigenvalue weighted by atomic mass is 10.1. The lowest BCUT2D eigenvalue weighted by Crippen LogP contribution is -2.27. The number of esters is 1. The van der Waals surface area contributed by atoms with E-state index < -0.39 is 21.8 Å². The number of aromatic carboxylic acids is 1. The Labute approximate surface area is 337 Å². The smallest absolute Gasteiger partial charge is 0.347 e. The zero-order valence-corrected chi connectivity index (χ0v) is 32.8. The summed E-state index contributed by atoms with van der Waals surface area (Å²) in [4.78, 5) is 50.8. The van der Waals surface area contributed by atoms with E-state index in [-0.39, 0.29) is 47.2 Å². The van der Waals surface area contributed by atoms with Gasteiger partial charge in [-0.2, -0.15) is 0 Å². The van der Waals surface area contributed by atoms with Crippen LogP contribution in [0.5, 0.6) is 17.2 Å². The van der Waals surface area contributed by atoms with E-state index in [4.69, 9.17) is 23.7 Å². The molecule has 0 unspecified atom stereocenters. The Morgan fingerprint density at radius 2 is 1.03 bits per heavy atom. The third kappa shape index (κ3) is 14.0. The summed E-state index contributed by atoms with van der Waals surface area (Å²) >= 11 is 0. The van der Waals surface area contributed by atoms with Gasteiger partial charge in [0.15, 0.2) is 0 Å². The average Bonchev–Trinajstić information content (AvgIpc) is 3.23. The number of hydrogen-bond acceptors (Lipinski definition) is 13. The second-order valence-corrected chi connectivity index (χ2v) is 12.9. The zero-order chi connectivity index (χ0) is 41.7. The molecule has 310 valence electrons. The van der Waals surface area contributed by atoms with E-state index >= 15 is 0 Å². The number of carboxylic acid groups (broad SMARTS) is 1.